The van der Waals surface area contributed by atoms with E-state index in [-0.39, 0.29) is 6.54 Å². The fourth-order valence-corrected chi connectivity index (χ4v) is 2.43. The Hall–Kier alpha value is -2.48. The van der Waals surface area contributed by atoms with Gasteiger partial charge in [0.15, 0.2) is 6.23 Å². The van der Waals surface area contributed by atoms with Crippen LogP contribution in [0.2, 0.25) is 0 Å². The molecule has 1 saturated heterocycles. The zero-order valence-corrected chi connectivity index (χ0v) is 14.9. The van der Waals surface area contributed by atoms with Crippen molar-refractivity contribution >= 4 is 12.1 Å². The number of carboxylic acid groups (broad SMARTS) is 1. The molecule has 0 N–H and O–H groups in total. The molecule has 2 atom stereocenters. The van der Waals surface area contributed by atoms with Crippen LogP contribution in [0.15, 0.2) is 18.2 Å². The summed E-state index contributed by atoms with van der Waals surface area (Å²) in [7, 11) is 2.97. The standard InChI is InChI=1S/C17H23NO7/c1-17(2,3)25-16(21)18-9-13(15(19)20)24-14(18)11-7-6-10(22-4)8-12(11)23-5/h6-8,13-14H,9H2,1-5H3,(H,19,20)/p-1. The second kappa shape index (κ2) is 7.18. The zero-order chi connectivity index (χ0) is 18.8. The predicted molar refractivity (Wildman–Crippen MR) is 85.1 cm³/mol. The average molecular weight is 352 g/mol. The Labute approximate surface area is 146 Å². The number of carboxylic acids is 1. The second-order valence-corrected chi connectivity index (χ2v) is 6.54. The van der Waals surface area contributed by atoms with E-state index in [1.54, 1.807) is 39.0 Å². The number of aliphatic carboxylic acids is 1. The Kier molecular flexibility index (Phi) is 5.42. The first kappa shape index (κ1) is 18.9. The fraction of sp³-hybridized carbons (Fsp3) is 0.529. The van der Waals surface area contributed by atoms with Crippen molar-refractivity contribution in [1.82, 2.24) is 4.90 Å². The van der Waals surface area contributed by atoms with Crippen LogP contribution in [0.1, 0.15) is 32.6 Å². The summed E-state index contributed by atoms with van der Waals surface area (Å²) in [6, 6.07) is 4.94. The number of amides is 1. The van der Waals surface area contributed by atoms with Crippen molar-refractivity contribution in [3.05, 3.63) is 23.8 Å². The zero-order valence-electron chi connectivity index (χ0n) is 14.9. The van der Waals surface area contributed by atoms with Gasteiger partial charge in [0.1, 0.15) is 23.2 Å². The lowest BCUT2D eigenvalue weighted by atomic mass is 10.1. The minimum Gasteiger partial charge on any atom is -0.547 e. The molecule has 1 aromatic carbocycles. The number of rotatable bonds is 4. The molecule has 0 radical (unpaired) electrons. The van der Waals surface area contributed by atoms with Gasteiger partial charge in [-0.3, -0.25) is 4.90 Å². The first-order valence-electron chi connectivity index (χ1n) is 7.74. The number of ether oxygens (including phenoxy) is 4. The van der Waals surface area contributed by atoms with E-state index in [0.29, 0.717) is 17.1 Å². The van der Waals surface area contributed by atoms with Gasteiger partial charge >= 0.3 is 6.09 Å². The topological polar surface area (TPSA) is 97.4 Å². The maximum absolute atomic E-state index is 12.5. The molecule has 2 unspecified atom stereocenters. The Bertz CT molecular complexity index is 653. The lowest BCUT2D eigenvalue weighted by molar-refractivity contribution is -0.315. The van der Waals surface area contributed by atoms with Crippen molar-refractivity contribution in [3.8, 4) is 11.5 Å². The Balaban J connectivity index is 2.38. The summed E-state index contributed by atoms with van der Waals surface area (Å²) < 4.78 is 21.3. The molecule has 1 aliphatic rings. The molecule has 138 valence electrons. The van der Waals surface area contributed by atoms with Gasteiger partial charge < -0.3 is 28.8 Å². The first-order valence-corrected chi connectivity index (χ1v) is 7.74. The third-order valence-electron chi connectivity index (χ3n) is 3.54. The highest BCUT2D eigenvalue weighted by atomic mass is 16.6. The number of carbonyl (C=O) groups excluding carboxylic acids is 2. The van der Waals surface area contributed by atoms with Crippen molar-refractivity contribution in [2.45, 2.75) is 38.7 Å². The minimum absolute atomic E-state index is 0.183. The SMILES string of the molecule is COc1ccc(C2OC(C(=O)[O-])CN2C(=O)OC(C)(C)C)c(OC)c1. The maximum atomic E-state index is 12.5. The molecule has 1 amide bonds. The van der Waals surface area contributed by atoms with Gasteiger partial charge in [0.05, 0.1) is 26.7 Å². The van der Waals surface area contributed by atoms with Crippen LogP contribution < -0.4 is 14.6 Å². The van der Waals surface area contributed by atoms with Gasteiger partial charge in [0.2, 0.25) is 0 Å². The van der Waals surface area contributed by atoms with Gasteiger partial charge in [-0.1, -0.05) is 0 Å². The summed E-state index contributed by atoms with van der Waals surface area (Å²) in [4.78, 5) is 24.9. The van der Waals surface area contributed by atoms with E-state index in [4.69, 9.17) is 18.9 Å². The number of hydrogen-bond acceptors (Lipinski definition) is 7. The summed E-state index contributed by atoms with van der Waals surface area (Å²) in [5, 5.41) is 11.2. The largest absolute Gasteiger partial charge is 0.547 e. The molecule has 1 fully saturated rings. The molecule has 1 aliphatic heterocycles. The molecule has 1 aromatic rings. The van der Waals surface area contributed by atoms with Crippen LogP contribution in [0.5, 0.6) is 11.5 Å². The highest BCUT2D eigenvalue weighted by Gasteiger charge is 2.41. The molecule has 0 aliphatic carbocycles. The van der Waals surface area contributed by atoms with Crippen LogP contribution in [-0.4, -0.2) is 49.4 Å². The molecular weight excluding hydrogens is 330 g/mol. The molecule has 25 heavy (non-hydrogen) atoms. The van der Waals surface area contributed by atoms with Gasteiger partial charge in [0, 0.05) is 11.6 Å². The summed E-state index contributed by atoms with van der Waals surface area (Å²) in [5.41, 5.74) is -0.247. The summed E-state index contributed by atoms with van der Waals surface area (Å²) >= 11 is 0. The molecule has 1 heterocycles. The van der Waals surface area contributed by atoms with Crippen molar-refractivity contribution < 1.29 is 33.6 Å². The Morgan fingerprint density at radius 2 is 1.92 bits per heavy atom. The number of carbonyl (C=O) groups is 2. The predicted octanol–water partition coefficient (Wildman–Crippen LogP) is 1.09. The molecule has 8 heteroatoms. The third kappa shape index (κ3) is 4.33. The quantitative estimate of drug-likeness (QED) is 0.800. The van der Waals surface area contributed by atoms with E-state index in [2.05, 4.69) is 0 Å². The van der Waals surface area contributed by atoms with Gasteiger partial charge in [-0.15, -0.1) is 0 Å². The summed E-state index contributed by atoms with van der Waals surface area (Å²) in [6.07, 6.45) is -2.91. The molecule has 2 rings (SSSR count). The number of benzene rings is 1. The van der Waals surface area contributed by atoms with E-state index in [1.165, 1.54) is 19.1 Å². The van der Waals surface area contributed by atoms with Crippen molar-refractivity contribution in [2.24, 2.45) is 0 Å². The van der Waals surface area contributed by atoms with Crippen molar-refractivity contribution in [3.63, 3.8) is 0 Å². The smallest absolute Gasteiger partial charge is 0.412 e. The summed E-state index contributed by atoms with van der Waals surface area (Å²) in [6.45, 7) is 4.99. The number of hydrogen-bond donors (Lipinski definition) is 0. The van der Waals surface area contributed by atoms with E-state index >= 15 is 0 Å². The van der Waals surface area contributed by atoms with Crippen LogP contribution in [0.3, 0.4) is 0 Å². The second-order valence-electron chi connectivity index (χ2n) is 6.54. The Morgan fingerprint density at radius 1 is 1.24 bits per heavy atom. The molecule has 0 saturated carbocycles. The van der Waals surface area contributed by atoms with Crippen LogP contribution in [0.4, 0.5) is 4.79 Å². The van der Waals surface area contributed by atoms with E-state index in [0.717, 1.165) is 0 Å². The van der Waals surface area contributed by atoms with Crippen LogP contribution in [0, 0.1) is 0 Å². The van der Waals surface area contributed by atoms with Gasteiger partial charge in [0.25, 0.3) is 0 Å². The molecular formula is C17H22NO7-. The number of methoxy groups -OCH3 is 2. The van der Waals surface area contributed by atoms with Crippen molar-refractivity contribution in [2.75, 3.05) is 20.8 Å². The van der Waals surface area contributed by atoms with Gasteiger partial charge in [-0.2, -0.15) is 0 Å². The lowest BCUT2D eigenvalue weighted by Crippen LogP contribution is -2.41. The molecule has 0 aromatic heterocycles. The van der Waals surface area contributed by atoms with Crippen LogP contribution >= 0.6 is 0 Å². The maximum Gasteiger partial charge on any atom is 0.412 e. The van der Waals surface area contributed by atoms with Crippen molar-refractivity contribution in [1.29, 1.82) is 0 Å². The van der Waals surface area contributed by atoms with Gasteiger partial charge in [-0.05, 0) is 32.9 Å². The van der Waals surface area contributed by atoms with Crippen LogP contribution in [-0.2, 0) is 14.3 Å². The highest BCUT2D eigenvalue weighted by molar-refractivity contribution is 5.75. The minimum atomic E-state index is -1.40. The lowest BCUT2D eigenvalue weighted by Gasteiger charge is -2.28. The monoisotopic (exact) mass is 352 g/mol. The molecule has 8 nitrogen and oxygen atoms in total. The van der Waals surface area contributed by atoms with E-state index in [1.807, 2.05) is 0 Å². The van der Waals surface area contributed by atoms with Crippen LogP contribution in [0.25, 0.3) is 0 Å². The normalized spacial score (nSPS) is 20.3. The summed E-state index contributed by atoms with van der Waals surface area (Å²) in [5.74, 6) is -0.445. The first-order chi connectivity index (χ1) is 11.7. The molecule has 0 bridgehead atoms. The number of nitrogens with zero attached hydrogens (tertiary/aromatic N) is 1. The average Bonchev–Trinajstić information content (AvgIpc) is 2.98. The van der Waals surface area contributed by atoms with E-state index in [9.17, 15) is 14.7 Å². The third-order valence-corrected chi connectivity index (χ3v) is 3.54. The van der Waals surface area contributed by atoms with E-state index < -0.39 is 30.0 Å². The fourth-order valence-electron chi connectivity index (χ4n) is 2.43. The highest BCUT2D eigenvalue weighted by Crippen LogP contribution is 2.38. The Morgan fingerprint density at radius 3 is 2.44 bits per heavy atom. The van der Waals surface area contributed by atoms with Gasteiger partial charge in [-0.25, -0.2) is 4.79 Å². The molecule has 0 spiro atoms.